The Morgan fingerprint density at radius 1 is 1.40 bits per heavy atom. The number of fused-ring (bicyclic) bond motifs is 3. The summed E-state index contributed by atoms with van der Waals surface area (Å²) in [6.45, 7) is 3.11. The second-order valence-electron chi connectivity index (χ2n) is 6.24. The van der Waals surface area contributed by atoms with Gasteiger partial charge in [-0.2, -0.15) is 4.98 Å². The van der Waals surface area contributed by atoms with Crippen molar-refractivity contribution in [1.29, 1.82) is 0 Å². The summed E-state index contributed by atoms with van der Waals surface area (Å²) < 4.78 is 1.91. The Morgan fingerprint density at radius 3 is 2.84 bits per heavy atom. The lowest BCUT2D eigenvalue weighted by Gasteiger charge is -2.44. The third-order valence-electron chi connectivity index (χ3n) is 4.95. The zero-order valence-electron chi connectivity index (χ0n) is 13.7. The fraction of sp³-hybridized carbons (Fsp3) is 0.533. The Kier molecular flexibility index (Phi) is 3.95. The number of aromatic nitrogens is 5. The molecule has 1 atom stereocenters. The van der Waals surface area contributed by atoms with Crippen LogP contribution in [0.15, 0.2) is 12.5 Å². The van der Waals surface area contributed by atoms with Gasteiger partial charge in [-0.05, 0) is 30.9 Å². The molecule has 0 aromatic carbocycles. The van der Waals surface area contributed by atoms with Crippen LogP contribution in [0.2, 0.25) is 5.28 Å². The molecular weight excluding hydrogens is 346 g/mol. The lowest BCUT2D eigenvalue weighted by molar-refractivity contribution is 0.130. The highest BCUT2D eigenvalue weighted by Gasteiger charge is 2.39. The average molecular weight is 364 g/mol. The molecule has 2 aliphatic heterocycles. The van der Waals surface area contributed by atoms with Gasteiger partial charge in [-0.1, -0.05) is 6.92 Å². The highest BCUT2D eigenvalue weighted by molar-refractivity contribution is 6.28. The molecule has 0 radical (unpaired) electrons. The SMILES string of the molecule is CC[C@@H]1c2nncn2-c2cnc(Cl)nc2N1C1CCN(C(=O)O)CC1. The molecule has 25 heavy (non-hydrogen) atoms. The van der Waals surface area contributed by atoms with Crippen LogP contribution in [0.25, 0.3) is 5.69 Å². The van der Waals surface area contributed by atoms with Crippen molar-refractivity contribution in [3.63, 3.8) is 0 Å². The summed E-state index contributed by atoms with van der Waals surface area (Å²) >= 11 is 6.06. The summed E-state index contributed by atoms with van der Waals surface area (Å²) in [6, 6.07) is 0.179. The molecule has 4 heterocycles. The van der Waals surface area contributed by atoms with Crippen LogP contribution in [0.5, 0.6) is 0 Å². The van der Waals surface area contributed by atoms with E-state index < -0.39 is 6.09 Å². The molecule has 10 heteroatoms. The molecular formula is C15H18ClN7O2. The van der Waals surface area contributed by atoms with Crippen molar-refractivity contribution in [3.8, 4) is 5.69 Å². The van der Waals surface area contributed by atoms with Crippen LogP contribution >= 0.6 is 11.6 Å². The number of anilines is 1. The van der Waals surface area contributed by atoms with Gasteiger partial charge in [0.1, 0.15) is 12.0 Å². The number of rotatable bonds is 2. The standard InChI is InChI=1S/C15H18ClN7O2/c1-2-10-13-20-18-8-22(13)11-7-17-14(16)19-12(11)23(10)9-3-5-21(6-4-9)15(24)25/h7-10H,2-6H2,1H3,(H,24,25)/t10-/m1/s1. The minimum atomic E-state index is -0.866. The molecule has 2 aromatic heterocycles. The van der Waals surface area contributed by atoms with E-state index in [-0.39, 0.29) is 17.4 Å². The van der Waals surface area contributed by atoms with Crippen LogP contribution in [0, 0.1) is 0 Å². The van der Waals surface area contributed by atoms with Crippen LogP contribution in [0.3, 0.4) is 0 Å². The number of carbonyl (C=O) groups is 1. The summed E-state index contributed by atoms with van der Waals surface area (Å²) in [6.07, 6.45) is 4.78. The maximum absolute atomic E-state index is 11.2. The van der Waals surface area contributed by atoms with Gasteiger partial charge in [-0.15, -0.1) is 10.2 Å². The van der Waals surface area contributed by atoms with Gasteiger partial charge in [-0.25, -0.2) is 9.78 Å². The Labute approximate surface area is 149 Å². The highest BCUT2D eigenvalue weighted by atomic mass is 35.5. The van der Waals surface area contributed by atoms with Gasteiger partial charge < -0.3 is 14.9 Å². The topological polar surface area (TPSA) is 100 Å². The lowest BCUT2D eigenvalue weighted by Crippen LogP contribution is -2.49. The molecule has 4 rings (SSSR count). The normalized spacial score (nSPS) is 20.3. The molecule has 2 aliphatic rings. The van der Waals surface area contributed by atoms with Gasteiger partial charge in [0.05, 0.1) is 12.2 Å². The molecule has 1 fully saturated rings. The number of piperidine rings is 1. The summed E-state index contributed by atoms with van der Waals surface area (Å²) in [7, 11) is 0. The zero-order valence-corrected chi connectivity index (χ0v) is 14.5. The van der Waals surface area contributed by atoms with E-state index in [4.69, 9.17) is 11.6 Å². The number of nitrogens with zero attached hydrogens (tertiary/aromatic N) is 7. The van der Waals surface area contributed by atoms with E-state index in [1.807, 2.05) is 4.57 Å². The van der Waals surface area contributed by atoms with E-state index in [0.717, 1.165) is 36.6 Å². The Morgan fingerprint density at radius 2 is 2.16 bits per heavy atom. The molecule has 0 spiro atoms. The summed E-state index contributed by atoms with van der Waals surface area (Å²) in [5.41, 5.74) is 0.801. The van der Waals surface area contributed by atoms with Gasteiger partial charge in [-0.3, -0.25) is 4.57 Å². The largest absolute Gasteiger partial charge is 0.465 e. The molecule has 0 aliphatic carbocycles. The van der Waals surface area contributed by atoms with Crippen LogP contribution in [-0.2, 0) is 0 Å². The van der Waals surface area contributed by atoms with Crippen LogP contribution in [-0.4, -0.2) is 60.0 Å². The first kappa shape index (κ1) is 16.1. The van der Waals surface area contributed by atoms with Crippen molar-refractivity contribution in [2.24, 2.45) is 0 Å². The predicted molar refractivity (Wildman–Crippen MR) is 90.1 cm³/mol. The van der Waals surface area contributed by atoms with Gasteiger partial charge in [0.25, 0.3) is 0 Å². The van der Waals surface area contributed by atoms with Crippen molar-refractivity contribution in [1.82, 2.24) is 29.6 Å². The summed E-state index contributed by atoms with van der Waals surface area (Å²) in [4.78, 5) is 23.4. The van der Waals surface area contributed by atoms with Crippen LogP contribution in [0.4, 0.5) is 10.6 Å². The fourth-order valence-electron chi connectivity index (χ4n) is 3.78. The Bertz CT molecular complexity index is 803. The second-order valence-corrected chi connectivity index (χ2v) is 6.58. The molecule has 0 bridgehead atoms. The smallest absolute Gasteiger partial charge is 0.407 e. The zero-order chi connectivity index (χ0) is 17.6. The summed E-state index contributed by atoms with van der Waals surface area (Å²) in [5.74, 6) is 1.61. The third-order valence-corrected chi connectivity index (χ3v) is 5.13. The van der Waals surface area contributed by atoms with E-state index in [0.29, 0.717) is 13.1 Å². The van der Waals surface area contributed by atoms with E-state index in [9.17, 15) is 9.90 Å². The highest BCUT2D eigenvalue weighted by Crippen LogP contribution is 2.41. The quantitative estimate of drug-likeness (QED) is 0.815. The number of likely N-dealkylation sites (tertiary alicyclic amines) is 1. The maximum Gasteiger partial charge on any atom is 0.407 e. The number of hydrogen-bond acceptors (Lipinski definition) is 6. The molecule has 0 unspecified atom stereocenters. The van der Waals surface area contributed by atoms with Gasteiger partial charge in [0.2, 0.25) is 5.28 Å². The maximum atomic E-state index is 11.2. The van der Waals surface area contributed by atoms with Gasteiger partial charge in [0.15, 0.2) is 11.6 Å². The van der Waals surface area contributed by atoms with Crippen molar-refractivity contribution < 1.29 is 9.90 Å². The van der Waals surface area contributed by atoms with Crippen LogP contribution in [0.1, 0.15) is 38.1 Å². The minimum absolute atomic E-state index is 0.0161. The number of carboxylic acid groups (broad SMARTS) is 1. The molecule has 0 saturated carbocycles. The summed E-state index contributed by atoms with van der Waals surface area (Å²) in [5, 5.41) is 17.7. The number of amides is 1. The molecule has 9 nitrogen and oxygen atoms in total. The minimum Gasteiger partial charge on any atom is -0.465 e. The first-order valence-electron chi connectivity index (χ1n) is 8.29. The van der Waals surface area contributed by atoms with Crippen molar-refractivity contribution in [2.45, 2.75) is 38.3 Å². The molecule has 1 N–H and O–H groups in total. The number of halogens is 1. The molecule has 1 saturated heterocycles. The van der Waals surface area contributed by atoms with Gasteiger partial charge >= 0.3 is 6.09 Å². The van der Waals surface area contributed by atoms with Crippen molar-refractivity contribution in [3.05, 3.63) is 23.6 Å². The third kappa shape index (κ3) is 2.58. The second kappa shape index (κ2) is 6.14. The number of hydrogen-bond donors (Lipinski definition) is 1. The average Bonchev–Trinajstić information content (AvgIpc) is 3.10. The van der Waals surface area contributed by atoms with Crippen molar-refractivity contribution >= 4 is 23.5 Å². The van der Waals surface area contributed by atoms with E-state index in [2.05, 4.69) is 32.0 Å². The molecule has 2 aromatic rings. The predicted octanol–water partition coefficient (Wildman–Crippen LogP) is 2.12. The first-order chi connectivity index (χ1) is 12.1. The molecule has 1 amide bonds. The van der Waals surface area contributed by atoms with E-state index in [1.54, 1.807) is 12.5 Å². The fourth-order valence-corrected chi connectivity index (χ4v) is 3.91. The monoisotopic (exact) mass is 363 g/mol. The molecule has 132 valence electrons. The first-order valence-corrected chi connectivity index (χ1v) is 8.67. The lowest BCUT2D eigenvalue weighted by atomic mass is 9.98. The Balaban J connectivity index is 1.74. The Hall–Kier alpha value is -2.42. The van der Waals surface area contributed by atoms with E-state index >= 15 is 0 Å². The van der Waals surface area contributed by atoms with Crippen LogP contribution < -0.4 is 4.90 Å². The van der Waals surface area contributed by atoms with E-state index in [1.165, 1.54) is 4.90 Å². The van der Waals surface area contributed by atoms with Gasteiger partial charge in [0, 0.05) is 19.1 Å². The van der Waals surface area contributed by atoms with Crippen molar-refractivity contribution in [2.75, 3.05) is 18.0 Å².